The molecule has 3 unspecified atom stereocenters. The van der Waals surface area contributed by atoms with E-state index in [1.54, 1.807) is 0 Å². The highest BCUT2D eigenvalue weighted by molar-refractivity contribution is 7.15. The van der Waals surface area contributed by atoms with Gasteiger partial charge >= 0.3 is 5.97 Å². The number of anilines is 1. The van der Waals surface area contributed by atoms with Gasteiger partial charge in [-0.05, 0) is 41.4 Å². The molecule has 5 rings (SSSR count). The van der Waals surface area contributed by atoms with Crippen LogP contribution in [0.1, 0.15) is 62.0 Å². The number of nitrogens with one attached hydrogen (secondary N) is 1. The first-order valence-electron chi connectivity index (χ1n) is 14.0. The molecule has 3 aromatic rings. The summed E-state index contributed by atoms with van der Waals surface area (Å²) in [4.78, 5) is 56.2. The number of piperidine rings is 1. The van der Waals surface area contributed by atoms with Gasteiger partial charge in [0.1, 0.15) is 16.6 Å². The molecular weight excluding hydrogens is 536 g/mol. The van der Waals surface area contributed by atoms with Crippen molar-refractivity contribution in [3.8, 4) is 11.1 Å². The number of benzene rings is 2. The van der Waals surface area contributed by atoms with Gasteiger partial charge in [0.05, 0.1) is 12.5 Å². The van der Waals surface area contributed by atoms with Gasteiger partial charge in [-0.2, -0.15) is 0 Å². The quantitative estimate of drug-likeness (QED) is 0.259. The number of aryl methyl sites for hydroxylation is 1. The number of thiophene rings is 1. The van der Waals surface area contributed by atoms with Gasteiger partial charge < -0.3 is 10.1 Å². The van der Waals surface area contributed by atoms with E-state index in [-0.39, 0.29) is 29.7 Å². The number of hydrogen-bond donors (Lipinski definition) is 1. The van der Waals surface area contributed by atoms with Crippen molar-refractivity contribution >= 4 is 40.0 Å². The van der Waals surface area contributed by atoms with Crippen molar-refractivity contribution in [2.75, 3.05) is 12.4 Å². The minimum absolute atomic E-state index is 0.164. The summed E-state index contributed by atoms with van der Waals surface area (Å²) in [6, 6.07) is 16.2. The minimum Gasteiger partial charge on any atom is -0.465 e. The Labute approximate surface area is 244 Å². The molecule has 1 aliphatic carbocycles. The molecule has 3 amide bonds. The first-order valence-corrected chi connectivity index (χ1v) is 14.9. The van der Waals surface area contributed by atoms with Crippen LogP contribution in [0.5, 0.6) is 0 Å². The summed E-state index contributed by atoms with van der Waals surface area (Å²) in [6.45, 7) is 7.94. The van der Waals surface area contributed by atoms with Gasteiger partial charge in [0.25, 0.3) is 0 Å². The van der Waals surface area contributed by atoms with Crippen LogP contribution in [-0.4, -0.2) is 41.7 Å². The predicted octanol–water partition coefficient (Wildman–Crippen LogP) is 6.13. The smallest absolute Gasteiger partial charge is 0.341 e. The second-order valence-electron chi connectivity index (χ2n) is 11.7. The first kappa shape index (κ1) is 28.7. The monoisotopic (exact) mass is 572 g/mol. The van der Waals surface area contributed by atoms with Crippen LogP contribution < -0.4 is 5.32 Å². The van der Waals surface area contributed by atoms with Crippen molar-refractivity contribution in [1.82, 2.24) is 4.90 Å². The molecule has 41 heavy (non-hydrogen) atoms. The lowest BCUT2D eigenvalue weighted by Gasteiger charge is -2.49. The molecule has 214 valence electrons. The molecule has 2 aromatic carbocycles. The molecule has 2 aliphatic rings. The molecule has 1 saturated carbocycles. The molecule has 2 bridgehead atoms. The Kier molecular flexibility index (Phi) is 7.64. The number of methoxy groups -OCH3 is 1. The zero-order valence-corrected chi connectivity index (χ0v) is 25.0. The fraction of sp³-hybridized carbons (Fsp3) is 0.394. The van der Waals surface area contributed by atoms with Gasteiger partial charge in [-0.15, -0.1) is 11.3 Å². The van der Waals surface area contributed by atoms with E-state index in [0.29, 0.717) is 23.4 Å². The SMILES string of the molecule is CCc1ccc(-c2csc(NC(=O)C(Cc3ccccc3)N3C(=O)C4CCC(C)(C3=O)C4(C)C)c2C(=O)OC)cc1. The number of nitrogens with zero attached hydrogens (tertiary/aromatic N) is 1. The van der Waals surface area contributed by atoms with Crippen molar-refractivity contribution in [3.63, 3.8) is 0 Å². The number of ether oxygens (including phenoxy) is 1. The Morgan fingerprint density at radius 2 is 1.73 bits per heavy atom. The highest BCUT2D eigenvalue weighted by Gasteiger charge is 2.65. The highest BCUT2D eigenvalue weighted by atomic mass is 32.1. The molecule has 7 nitrogen and oxygen atoms in total. The van der Waals surface area contributed by atoms with Crippen LogP contribution in [0.25, 0.3) is 11.1 Å². The fourth-order valence-electron chi connectivity index (χ4n) is 6.37. The number of imide groups is 1. The summed E-state index contributed by atoms with van der Waals surface area (Å²) >= 11 is 1.22. The Hall–Kier alpha value is -3.78. The van der Waals surface area contributed by atoms with Gasteiger partial charge in [-0.3, -0.25) is 19.3 Å². The van der Waals surface area contributed by atoms with Crippen molar-refractivity contribution in [2.24, 2.45) is 16.7 Å². The van der Waals surface area contributed by atoms with E-state index in [1.165, 1.54) is 28.9 Å². The summed E-state index contributed by atoms with van der Waals surface area (Å²) in [5.41, 5.74) is 2.47. The number of fused-ring (bicyclic) bond motifs is 2. The van der Waals surface area contributed by atoms with Gasteiger partial charge in [0.2, 0.25) is 17.7 Å². The Morgan fingerprint density at radius 3 is 2.37 bits per heavy atom. The van der Waals surface area contributed by atoms with Crippen LogP contribution in [0.4, 0.5) is 5.00 Å². The lowest BCUT2D eigenvalue weighted by Crippen LogP contribution is -2.64. The minimum atomic E-state index is -1.08. The van der Waals surface area contributed by atoms with E-state index in [9.17, 15) is 19.2 Å². The molecule has 1 saturated heterocycles. The van der Waals surface area contributed by atoms with Crippen LogP contribution in [0.3, 0.4) is 0 Å². The number of hydrogen-bond acceptors (Lipinski definition) is 6. The number of esters is 1. The van der Waals surface area contributed by atoms with E-state index >= 15 is 0 Å². The number of rotatable bonds is 8. The number of carbonyl (C=O) groups excluding carboxylic acids is 4. The maximum absolute atomic E-state index is 14.1. The molecule has 1 aliphatic heterocycles. The number of amides is 3. The van der Waals surface area contributed by atoms with E-state index < -0.39 is 28.7 Å². The van der Waals surface area contributed by atoms with Gasteiger partial charge in [0, 0.05) is 23.3 Å². The van der Waals surface area contributed by atoms with Crippen molar-refractivity contribution in [3.05, 3.63) is 76.7 Å². The van der Waals surface area contributed by atoms with Crippen molar-refractivity contribution in [1.29, 1.82) is 0 Å². The third-order valence-corrected chi connectivity index (χ3v) is 10.3. The standard InChI is InChI=1S/C33H36N2O5S/c1-6-20-12-14-22(15-13-20)23-19-41-28(26(23)30(38)40-5)34-27(36)25(18-21-10-8-7-9-11-21)35-29(37)24-16-17-33(4,31(35)39)32(24,2)3/h7-15,19,24-25H,6,16-18H2,1-5H3,(H,34,36). The average Bonchev–Trinajstić information content (AvgIpc) is 3.46. The molecule has 1 aromatic heterocycles. The summed E-state index contributed by atoms with van der Waals surface area (Å²) in [5, 5.41) is 5.05. The molecule has 2 heterocycles. The van der Waals surface area contributed by atoms with Gasteiger partial charge in [-0.1, -0.05) is 82.3 Å². The maximum atomic E-state index is 14.1. The predicted molar refractivity (Wildman–Crippen MR) is 160 cm³/mol. The van der Waals surface area contributed by atoms with Crippen molar-refractivity contribution in [2.45, 2.75) is 59.4 Å². The van der Waals surface area contributed by atoms with Gasteiger partial charge in [0.15, 0.2) is 0 Å². The molecule has 0 spiro atoms. The lowest BCUT2D eigenvalue weighted by molar-refractivity contribution is -0.172. The van der Waals surface area contributed by atoms with Crippen LogP contribution in [0.2, 0.25) is 0 Å². The van der Waals surface area contributed by atoms with Gasteiger partial charge in [-0.25, -0.2) is 4.79 Å². The summed E-state index contributed by atoms with van der Waals surface area (Å²) in [7, 11) is 1.30. The molecule has 2 fully saturated rings. The molecule has 1 N–H and O–H groups in total. The summed E-state index contributed by atoms with van der Waals surface area (Å²) in [6.07, 6.45) is 2.27. The number of carbonyl (C=O) groups is 4. The normalized spacial score (nSPS) is 22.0. The first-order chi connectivity index (χ1) is 19.5. The zero-order valence-electron chi connectivity index (χ0n) is 24.2. The van der Waals surface area contributed by atoms with Crippen LogP contribution in [0.15, 0.2) is 60.0 Å². The highest BCUT2D eigenvalue weighted by Crippen LogP contribution is 2.60. The zero-order chi connectivity index (χ0) is 29.5. The second-order valence-corrected chi connectivity index (χ2v) is 12.6. The average molecular weight is 573 g/mol. The topological polar surface area (TPSA) is 92.8 Å². The molecule has 3 atom stereocenters. The Bertz CT molecular complexity index is 1490. The number of likely N-dealkylation sites (tertiary alicyclic amines) is 1. The van der Waals surface area contributed by atoms with E-state index in [1.807, 2.05) is 80.7 Å². The molecular formula is C33H36N2O5S. The second kappa shape index (κ2) is 10.9. The largest absolute Gasteiger partial charge is 0.465 e. The third-order valence-electron chi connectivity index (χ3n) is 9.43. The Balaban J connectivity index is 1.53. The Morgan fingerprint density at radius 1 is 1.05 bits per heavy atom. The van der Waals surface area contributed by atoms with E-state index in [2.05, 4.69) is 12.2 Å². The van der Waals surface area contributed by atoms with Crippen LogP contribution >= 0.6 is 11.3 Å². The molecule has 0 radical (unpaired) electrons. The van der Waals surface area contributed by atoms with Crippen LogP contribution in [-0.2, 0) is 32.0 Å². The summed E-state index contributed by atoms with van der Waals surface area (Å²) in [5.74, 6) is -2.05. The maximum Gasteiger partial charge on any atom is 0.341 e. The van der Waals surface area contributed by atoms with E-state index in [4.69, 9.17) is 4.74 Å². The van der Waals surface area contributed by atoms with Crippen molar-refractivity contribution < 1.29 is 23.9 Å². The molecule has 8 heteroatoms. The van der Waals surface area contributed by atoms with Crippen LogP contribution in [0, 0.1) is 16.7 Å². The third kappa shape index (κ3) is 4.78. The fourth-order valence-corrected chi connectivity index (χ4v) is 7.33. The van der Waals surface area contributed by atoms with E-state index in [0.717, 1.165) is 17.5 Å². The lowest BCUT2D eigenvalue weighted by atomic mass is 9.62. The summed E-state index contributed by atoms with van der Waals surface area (Å²) < 4.78 is 5.10.